The van der Waals surface area contributed by atoms with Gasteiger partial charge in [-0.1, -0.05) is 30.3 Å². The molecule has 1 saturated heterocycles. The lowest BCUT2D eigenvalue weighted by Gasteiger charge is -2.40. The normalized spacial score (nSPS) is 29.8. The van der Waals surface area contributed by atoms with Gasteiger partial charge in [0.1, 0.15) is 30.5 Å². The maximum Gasteiger partial charge on any atom is 0.113 e. The van der Waals surface area contributed by atoms with Crippen LogP contribution in [0, 0.1) is 0 Å². The molecule has 0 radical (unpaired) electrons. The number of rotatable bonds is 6. The molecule has 0 unspecified atom stereocenters. The van der Waals surface area contributed by atoms with Crippen LogP contribution >= 0.6 is 11.8 Å². The van der Waals surface area contributed by atoms with Crippen LogP contribution in [-0.4, -0.2) is 57.7 Å². The van der Waals surface area contributed by atoms with Gasteiger partial charge < -0.3 is 25.2 Å². The molecule has 29 heavy (non-hydrogen) atoms. The first-order valence-corrected chi connectivity index (χ1v) is 11.3. The zero-order valence-corrected chi connectivity index (χ0v) is 17.3. The highest BCUT2D eigenvalue weighted by Crippen LogP contribution is 2.43. The Morgan fingerprint density at radius 1 is 0.966 bits per heavy atom. The summed E-state index contributed by atoms with van der Waals surface area (Å²) in [5.41, 5.74) is 4.49. The monoisotopic (exact) mass is 416 g/mol. The number of aliphatic hydroxyl groups is 4. The van der Waals surface area contributed by atoms with Gasteiger partial charge in [0.25, 0.3) is 0 Å². The van der Waals surface area contributed by atoms with Crippen molar-refractivity contribution in [2.75, 3.05) is 12.9 Å². The summed E-state index contributed by atoms with van der Waals surface area (Å²) in [5, 5.41) is 40.1. The predicted molar refractivity (Wildman–Crippen MR) is 112 cm³/mol. The molecular weight excluding hydrogens is 388 g/mol. The van der Waals surface area contributed by atoms with Crippen molar-refractivity contribution in [3.05, 3.63) is 64.7 Å². The smallest absolute Gasteiger partial charge is 0.113 e. The Morgan fingerprint density at radius 2 is 1.69 bits per heavy atom. The van der Waals surface area contributed by atoms with Crippen LogP contribution < -0.4 is 0 Å². The second-order valence-electron chi connectivity index (χ2n) is 8.01. The van der Waals surface area contributed by atoms with E-state index in [9.17, 15) is 20.4 Å². The first-order chi connectivity index (χ1) is 14.0. The lowest BCUT2D eigenvalue weighted by atomic mass is 9.88. The van der Waals surface area contributed by atoms with Crippen molar-refractivity contribution in [2.45, 2.75) is 60.6 Å². The maximum absolute atomic E-state index is 10.5. The van der Waals surface area contributed by atoms with Crippen molar-refractivity contribution in [2.24, 2.45) is 0 Å². The van der Waals surface area contributed by atoms with Gasteiger partial charge in [-0.15, -0.1) is 11.8 Å². The summed E-state index contributed by atoms with van der Waals surface area (Å²) < 4.78 is 5.76. The van der Waals surface area contributed by atoms with E-state index in [4.69, 9.17) is 4.74 Å². The van der Waals surface area contributed by atoms with Gasteiger partial charge in [0.05, 0.1) is 6.61 Å². The molecule has 4 rings (SSSR count). The molecular formula is C23H28O5S. The molecule has 156 valence electrons. The molecule has 2 fully saturated rings. The number of thioether (sulfide) groups is 1. The molecule has 0 spiro atoms. The lowest BCUT2D eigenvalue weighted by Crippen LogP contribution is -2.55. The van der Waals surface area contributed by atoms with Gasteiger partial charge in [0, 0.05) is 4.90 Å². The third-order valence-corrected chi connectivity index (χ3v) is 6.70. The first-order valence-electron chi connectivity index (χ1n) is 10.1. The minimum absolute atomic E-state index is 0.420. The van der Waals surface area contributed by atoms with Crippen molar-refractivity contribution < 1.29 is 25.2 Å². The predicted octanol–water partition coefficient (Wildman–Crippen LogP) is 2.39. The van der Waals surface area contributed by atoms with Crippen LogP contribution in [0.5, 0.6) is 0 Å². The van der Waals surface area contributed by atoms with E-state index in [1.807, 2.05) is 12.1 Å². The van der Waals surface area contributed by atoms with Crippen LogP contribution in [0.1, 0.15) is 47.1 Å². The van der Waals surface area contributed by atoms with Gasteiger partial charge in [0.15, 0.2) is 0 Å². The van der Waals surface area contributed by atoms with Crippen LogP contribution in [0.25, 0.3) is 0 Å². The SMILES string of the molecule is CSc1ccc(Cc2cc([C@@H]3O[C@H](CO)[C@@H](O)[C@H](O)[C@H]3O)ccc2C2CC2)cc1. The van der Waals surface area contributed by atoms with Crippen molar-refractivity contribution in [1.29, 1.82) is 0 Å². The van der Waals surface area contributed by atoms with Crippen LogP contribution in [0.2, 0.25) is 0 Å². The van der Waals surface area contributed by atoms with Gasteiger partial charge in [-0.05, 0) is 65.8 Å². The molecule has 5 nitrogen and oxygen atoms in total. The topological polar surface area (TPSA) is 90.2 Å². The van der Waals surface area contributed by atoms with Crippen LogP contribution in [0.3, 0.4) is 0 Å². The Hall–Kier alpha value is -1.41. The van der Waals surface area contributed by atoms with Gasteiger partial charge >= 0.3 is 0 Å². The summed E-state index contributed by atoms with van der Waals surface area (Å²) in [6, 6.07) is 14.6. The molecule has 0 aromatic heterocycles. The Bertz CT molecular complexity index is 834. The average Bonchev–Trinajstić information content (AvgIpc) is 3.58. The summed E-state index contributed by atoms with van der Waals surface area (Å²) in [6.07, 6.45) is -0.428. The molecule has 2 aromatic carbocycles. The molecule has 0 bridgehead atoms. The summed E-state index contributed by atoms with van der Waals surface area (Å²) in [5.74, 6) is 0.583. The standard InChI is InChI=1S/C23H28O5S/c1-29-17-7-2-13(3-8-17)10-16-11-15(6-9-18(16)14-4-5-14)23-22(27)21(26)20(25)19(12-24)28-23/h2-3,6-9,11,14,19-27H,4-5,10,12H2,1H3/t19-,20-,21+,22-,23+/m1/s1. The lowest BCUT2D eigenvalue weighted by molar-refractivity contribution is -0.231. The fraction of sp³-hybridized carbons (Fsp3) is 0.478. The van der Waals surface area contributed by atoms with E-state index in [2.05, 4.69) is 36.6 Å². The quantitative estimate of drug-likeness (QED) is 0.541. The second-order valence-corrected chi connectivity index (χ2v) is 8.89. The summed E-state index contributed by atoms with van der Waals surface area (Å²) in [6.45, 7) is -0.420. The van der Waals surface area contributed by atoms with E-state index in [0.717, 1.165) is 12.0 Å². The fourth-order valence-electron chi connectivity index (χ4n) is 4.09. The van der Waals surface area contributed by atoms with Crippen molar-refractivity contribution in [3.8, 4) is 0 Å². The van der Waals surface area contributed by atoms with Crippen molar-refractivity contribution in [3.63, 3.8) is 0 Å². The molecule has 2 aromatic rings. The zero-order chi connectivity index (χ0) is 20.5. The van der Waals surface area contributed by atoms with E-state index in [1.165, 1.54) is 34.4 Å². The highest BCUT2D eigenvalue weighted by atomic mass is 32.2. The van der Waals surface area contributed by atoms with Gasteiger partial charge in [-0.3, -0.25) is 0 Å². The first kappa shape index (κ1) is 20.8. The molecule has 4 N–H and O–H groups in total. The summed E-state index contributed by atoms with van der Waals surface area (Å²) >= 11 is 1.72. The molecule has 1 saturated carbocycles. The van der Waals surface area contributed by atoms with Crippen molar-refractivity contribution >= 4 is 11.8 Å². The van der Waals surface area contributed by atoms with Crippen LogP contribution in [0.4, 0.5) is 0 Å². The Morgan fingerprint density at radius 3 is 2.31 bits per heavy atom. The molecule has 1 heterocycles. The highest BCUT2D eigenvalue weighted by Gasteiger charge is 2.44. The van der Waals surface area contributed by atoms with E-state index in [-0.39, 0.29) is 0 Å². The van der Waals surface area contributed by atoms with Gasteiger partial charge in [0.2, 0.25) is 0 Å². The molecule has 6 heteroatoms. The maximum atomic E-state index is 10.5. The summed E-state index contributed by atoms with van der Waals surface area (Å²) in [7, 11) is 0. The number of hydrogen-bond acceptors (Lipinski definition) is 6. The minimum Gasteiger partial charge on any atom is -0.394 e. The van der Waals surface area contributed by atoms with E-state index in [0.29, 0.717) is 5.92 Å². The number of benzene rings is 2. The number of aliphatic hydroxyl groups excluding tert-OH is 4. The molecule has 0 amide bonds. The molecule has 1 aliphatic carbocycles. The largest absolute Gasteiger partial charge is 0.394 e. The van der Waals surface area contributed by atoms with E-state index >= 15 is 0 Å². The third-order valence-electron chi connectivity index (χ3n) is 5.96. The van der Waals surface area contributed by atoms with E-state index in [1.54, 1.807) is 11.8 Å². The minimum atomic E-state index is -1.36. The van der Waals surface area contributed by atoms with Crippen LogP contribution in [-0.2, 0) is 11.2 Å². The van der Waals surface area contributed by atoms with Gasteiger partial charge in [-0.2, -0.15) is 0 Å². The number of ether oxygens (including phenoxy) is 1. The van der Waals surface area contributed by atoms with E-state index < -0.39 is 37.1 Å². The zero-order valence-electron chi connectivity index (χ0n) is 16.4. The summed E-state index contributed by atoms with van der Waals surface area (Å²) in [4.78, 5) is 1.23. The Kier molecular flexibility index (Phi) is 6.30. The van der Waals surface area contributed by atoms with Crippen molar-refractivity contribution in [1.82, 2.24) is 0 Å². The number of hydrogen-bond donors (Lipinski definition) is 4. The highest BCUT2D eigenvalue weighted by molar-refractivity contribution is 7.98. The fourth-order valence-corrected chi connectivity index (χ4v) is 4.50. The Balaban J connectivity index is 1.63. The Labute approximate surface area is 175 Å². The molecule has 2 aliphatic rings. The second kappa shape index (κ2) is 8.76. The van der Waals surface area contributed by atoms with Gasteiger partial charge in [-0.25, -0.2) is 0 Å². The van der Waals surface area contributed by atoms with Crippen LogP contribution in [0.15, 0.2) is 47.4 Å². The molecule has 5 atom stereocenters. The molecule has 1 aliphatic heterocycles. The third kappa shape index (κ3) is 4.38. The average molecular weight is 417 g/mol.